The first kappa shape index (κ1) is 15.9. The lowest BCUT2D eigenvalue weighted by Gasteiger charge is -2.09. The standard InChI is InChI=1S/C16H11Cl2NO3S/c17-14-8-12(9-15(18)16(14)20)19-23(21)22-13-6-5-10-3-1-2-4-11(10)7-13/h1-9,19-20H. The van der Waals surface area contributed by atoms with Gasteiger partial charge in [0.1, 0.15) is 5.75 Å². The molecular formula is C16H11Cl2NO3S. The second-order valence-corrected chi connectivity index (χ2v) is 6.37. The highest BCUT2D eigenvalue weighted by molar-refractivity contribution is 7.81. The Morgan fingerprint density at radius 3 is 2.30 bits per heavy atom. The third kappa shape index (κ3) is 3.69. The van der Waals surface area contributed by atoms with Crippen LogP contribution in [-0.4, -0.2) is 9.32 Å². The molecule has 0 spiro atoms. The fraction of sp³-hybridized carbons (Fsp3) is 0. The SMILES string of the molecule is O=S(Nc1cc(Cl)c(O)c(Cl)c1)Oc1ccc2ccccc2c1. The topological polar surface area (TPSA) is 58.6 Å². The van der Waals surface area contributed by atoms with Gasteiger partial charge in [-0.1, -0.05) is 53.5 Å². The number of hydrogen-bond donors (Lipinski definition) is 2. The van der Waals surface area contributed by atoms with Crippen LogP contribution in [0.15, 0.2) is 54.6 Å². The summed E-state index contributed by atoms with van der Waals surface area (Å²) in [6.45, 7) is 0. The average Bonchev–Trinajstić information content (AvgIpc) is 2.52. The summed E-state index contributed by atoms with van der Waals surface area (Å²) in [4.78, 5) is 0. The highest BCUT2D eigenvalue weighted by Gasteiger charge is 2.10. The zero-order valence-corrected chi connectivity index (χ0v) is 14.0. The minimum Gasteiger partial charge on any atom is -0.505 e. The molecule has 0 bridgehead atoms. The quantitative estimate of drug-likeness (QED) is 0.643. The molecule has 0 fully saturated rings. The minimum absolute atomic E-state index is 0.0581. The van der Waals surface area contributed by atoms with Crippen molar-refractivity contribution in [3.63, 3.8) is 0 Å². The molecule has 1 unspecified atom stereocenters. The molecule has 0 aromatic heterocycles. The Bertz CT molecular complexity index is 878. The van der Waals surface area contributed by atoms with Gasteiger partial charge in [-0.2, -0.15) is 4.21 Å². The van der Waals surface area contributed by atoms with E-state index in [1.165, 1.54) is 12.1 Å². The highest BCUT2D eigenvalue weighted by Crippen LogP contribution is 2.34. The van der Waals surface area contributed by atoms with E-state index in [-0.39, 0.29) is 15.8 Å². The van der Waals surface area contributed by atoms with Crippen LogP contribution in [0.2, 0.25) is 10.0 Å². The van der Waals surface area contributed by atoms with Crippen molar-refractivity contribution in [2.45, 2.75) is 0 Å². The highest BCUT2D eigenvalue weighted by atomic mass is 35.5. The summed E-state index contributed by atoms with van der Waals surface area (Å²) in [5, 5.41) is 11.7. The van der Waals surface area contributed by atoms with Gasteiger partial charge in [0.15, 0.2) is 5.75 Å². The van der Waals surface area contributed by atoms with Gasteiger partial charge in [-0.3, -0.25) is 4.72 Å². The fourth-order valence-electron chi connectivity index (χ4n) is 2.05. The second kappa shape index (κ2) is 6.66. The molecule has 0 radical (unpaired) electrons. The minimum atomic E-state index is -1.84. The molecule has 3 rings (SSSR count). The molecular weight excluding hydrogens is 357 g/mol. The summed E-state index contributed by atoms with van der Waals surface area (Å²) < 4.78 is 20.0. The summed E-state index contributed by atoms with van der Waals surface area (Å²) in [6, 6.07) is 16.0. The van der Waals surface area contributed by atoms with Crippen LogP contribution >= 0.6 is 23.2 Å². The summed E-state index contributed by atoms with van der Waals surface area (Å²) >= 11 is 9.79. The summed E-state index contributed by atoms with van der Waals surface area (Å²) in [5.74, 6) is 0.241. The molecule has 0 aliphatic rings. The normalized spacial score (nSPS) is 12.1. The van der Waals surface area contributed by atoms with Gasteiger partial charge in [-0.25, -0.2) is 0 Å². The summed E-state index contributed by atoms with van der Waals surface area (Å²) in [5.41, 5.74) is 0.372. The van der Waals surface area contributed by atoms with E-state index in [4.69, 9.17) is 27.4 Å². The number of fused-ring (bicyclic) bond motifs is 1. The molecule has 118 valence electrons. The summed E-state index contributed by atoms with van der Waals surface area (Å²) in [6.07, 6.45) is 0. The fourth-order valence-corrected chi connectivity index (χ4v) is 3.17. The number of hydrogen-bond acceptors (Lipinski definition) is 3. The van der Waals surface area contributed by atoms with Gasteiger partial charge in [0.2, 0.25) is 0 Å². The van der Waals surface area contributed by atoms with E-state index in [0.29, 0.717) is 11.4 Å². The molecule has 3 aromatic carbocycles. The van der Waals surface area contributed by atoms with Gasteiger partial charge in [0.25, 0.3) is 0 Å². The third-order valence-electron chi connectivity index (χ3n) is 3.11. The van der Waals surface area contributed by atoms with Crippen LogP contribution in [-0.2, 0) is 11.3 Å². The Labute approximate surface area is 145 Å². The van der Waals surface area contributed by atoms with E-state index in [0.717, 1.165) is 10.8 Å². The number of nitrogens with one attached hydrogen (secondary N) is 1. The second-order valence-electron chi connectivity index (χ2n) is 4.72. The van der Waals surface area contributed by atoms with Gasteiger partial charge in [-0.15, -0.1) is 0 Å². The Morgan fingerprint density at radius 2 is 1.61 bits per heavy atom. The number of rotatable bonds is 4. The molecule has 4 nitrogen and oxygen atoms in total. The van der Waals surface area contributed by atoms with Crippen molar-refractivity contribution in [2.75, 3.05) is 4.72 Å². The lowest BCUT2D eigenvalue weighted by molar-refractivity contribution is 0.476. The van der Waals surface area contributed by atoms with Crippen LogP contribution in [0.5, 0.6) is 11.5 Å². The number of phenols is 1. The lowest BCUT2D eigenvalue weighted by atomic mass is 10.1. The molecule has 7 heteroatoms. The van der Waals surface area contributed by atoms with Gasteiger partial charge >= 0.3 is 11.3 Å². The van der Waals surface area contributed by atoms with Crippen LogP contribution in [0, 0.1) is 0 Å². The number of phenolic OH excluding ortho intramolecular Hbond substituents is 1. The van der Waals surface area contributed by atoms with Crippen molar-refractivity contribution in [2.24, 2.45) is 0 Å². The maximum absolute atomic E-state index is 12.1. The molecule has 0 heterocycles. The first-order chi connectivity index (χ1) is 11.0. The summed E-state index contributed by atoms with van der Waals surface area (Å²) in [7, 11) is 0. The largest absolute Gasteiger partial charge is 0.505 e. The Balaban J connectivity index is 1.75. The van der Waals surface area contributed by atoms with E-state index >= 15 is 0 Å². The van der Waals surface area contributed by atoms with Crippen LogP contribution in [0.1, 0.15) is 0 Å². The van der Waals surface area contributed by atoms with Crippen LogP contribution in [0.3, 0.4) is 0 Å². The monoisotopic (exact) mass is 367 g/mol. The van der Waals surface area contributed by atoms with Crippen molar-refractivity contribution < 1.29 is 13.5 Å². The predicted molar refractivity (Wildman–Crippen MR) is 94.5 cm³/mol. The van der Waals surface area contributed by atoms with Crippen LogP contribution in [0.4, 0.5) is 5.69 Å². The van der Waals surface area contributed by atoms with E-state index in [2.05, 4.69) is 4.72 Å². The van der Waals surface area contributed by atoms with Gasteiger partial charge < -0.3 is 9.29 Å². The van der Waals surface area contributed by atoms with E-state index in [1.807, 2.05) is 30.3 Å². The number of benzene rings is 3. The molecule has 0 saturated carbocycles. The van der Waals surface area contributed by atoms with Crippen LogP contribution in [0.25, 0.3) is 10.8 Å². The zero-order valence-electron chi connectivity index (χ0n) is 11.6. The molecule has 23 heavy (non-hydrogen) atoms. The van der Waals surface area contributed by atoms with Crippen molar-refractivity contribution in [1.29, 1.82) is 0 Å². The first-order valence-electron chi connectivity index (χ1n) is 6.56. The number of halogens is 2. The van der Waals surface area contributed by atoms with E-state index < -0.39 is 11.3 Å². The predicted octanol–water partition coefficient (Wildman–Crippen LogP) is 4.92. The Hall–Kier alpha value is -1.95. The van der Waals surface area contributed by atoms with Gasteiger partial charge in [0.05, 0.1) is 15.7 Å². The lowest BCUT2D eigenvalue weighted by Crippen LogP contribution is -2.11. The molecule has 0 saturated heterocycles. The van der Waals surface area contributed by atoms with Gasteiger partial charge in [0, 0.05) is 0 Å². The number of anilines is 1. The Morgan fingerprint density at radius 1 is 0.957 bits per heavy atom. The van der Waals surface area contributed by atoms with Crippen molar-refractivity contribution >= 4 is 50.9 Å². The number of aromatic hydroxyl groups is 1. The zero-order chi connectivity index (χ0) is 16.4. The van der Waals surface area contributed by atoms with E-state index in [9.17, 15) is 9.32 Å². The first-order valence-corrected chi connectivity index (χ1v) is 8.39. The third-order valence-corrected chi connectivity index (χ3v) is 4.43. The van der Waals surface area contributed by atoms with E-state index in [1.54, 1.807) is 12.1 Å². The molecule has 0 amide bonds. The smallest absolute Gasteiger partial charge is 0.316 e. The average molecular weight is 368 g/mol. The van der Waals surface area contributed by atoms with Crippen LogP contribution < -0.4 is 8.91 Å². The molecule has 0 aliphatic carbocycles. The molecule has 2 N–H and O–H groups in total. The molecule has 0 aliphatic heterocycles. The maximum atomic E-state index is 12.1. The molecule has 3 aromatic rings. The molecule has 1 atom stereocenters. The van der Waals surface area contributed by atoms with Crippen molar-refractivity contribution in [3.05, 3.63) is 64.6 Å². The Kier molecular flexibility index (Phi) is 4.61. The van der Waals surface area contributed by atoms with Gasteiger partial charge in [-0.05, 0) is 35.0 Å². The maximum Gasteiger partial charge on any atom is 0.316 e. The van der Waals surface area contributed by atoms with Crippen molar-refractivity contribution in [1.82, 2.24) is 0 Å². The van der Waals surface area contributed by atoms with Crippen molar-refractivity contribution in [3.8, 4) is 11.5 Å².